The molecule has 1 atom stereocenters. The summed E-state index contributed by atoms with van der Waals surface area (Å²) in [5.41, 5.74) is 1.11. The highest BCUT2D eigenvalue weighted by Crippen LogP contribution is 2.13. The van der Waals surface area contributed by atoms with E-state index in [2.05, 4.69) is 5.32 Å². The van der Waals surface area contributed by atoms with E-state index in [0.717, 1.165) is 6.54 Å². The lowest BCUT2D eigenvalue weighted by Gasteiger charge is -2.38. The van der Waals surface area contributed by atoms with Crippen molar-refractivity contribution in [3.8, 4) is 6.07 Å². The van der Waals surface area contributed by atoms with Gasteiger partial charge in [0.1, 0.15) is 0 Å². The van der Waals surface area contributed by atoms with Crippen molar-refractivity contribution in [1.82, 2.24) is 9.80 Å². The van der Waals surface area contributed by atoms with Gasteiger partial charge in [-0.25, -0.2) is 4.79 Å². The summed E-state index contributed by atoms with van der Waals surface area (Å²) in [7, 11) is 1.94. The van der Waals surface area contributed by atoms with Crippen molar-refractivity contribution >= 4 is 11.7 Å². The molecule has 6 heteroatoms. The first-order valence-corrected chi connectivity index (χ1v) is 6.51. The van der Waals surface area contributed by atoms with Gasteiger partial charge in [0, 0.05) is 25.3 Å². The third kappa shape index (κ3) is 3.26. The van der Waals surface area contributed by atoms with E-state index in [9.17, 15) is 9.90 Å². The Kier molecular flexibility index (Phi) is 4.56. The number of piperazine rings is 1. The number of urea groups is 1. The van der Waals surface area contributed by atoms with Gasteiger partial charge in [-0.2, -0.15) is 5.26 Å². The molecule has 106 valence electrons. The third-order valence-electron chi connectivity index (χ3n) is 3.52. The van der Waals surface area contributed by atoms with E-state index < -0.39 is 0 Å². The first-order chi connectivity index (χ1) is 9.63. The molecule has 0 radical (unpaired) electrons. The molecular weight excluding hydrogens is 256 g/mol. The zero-order chi connectivity index (χ0) is 14.5. The summed E-state index contributed by atoms with van der Waals surface area (Å²) < 4.78 is 0. The monoisotopic (exact) mass is 274 g/mol. The number of aliphatic hydroxyl groups excluding tert-OH is 1. The number of nitrogens with zero attached hydrogens (tertiary/aromatic N) is 3. The minimum Gasteiger partial charge on any atom is -0.395 e. The minimum absolute atomic E-state index is 0.0278. The number of likely N-dealkylation sites (N-methyl/N-ethyl adjacent to an activating group) is 1. The molecule has 2 N–H and O–H groups in total. The van der Waals surface area contributed by atoms with Crippen LogP contribution in [0.1, 0.15) is 5.56 Å². The first-order valence-electron chi connectivity index (χ1n) is 6.51. The molecule has 1 saturated heterocycles. The lowest BCUT2D eigenvalue weighted by Crippen LogP contribution is -2.55. The van der Waals surface area contributed by atoms with Crippen LogP contribution in [0.15, 0.2) is 24.3 Å². The number of hydrogen-bond acceptors (Lipinski definition) is 4. The van der Waals surface area contributed by atoms with Crippen molar-refractivity contribution in [3.05, 3.63) is 29.8 Å². The Morgan fingerprint density at radius 3 is 3.05 bits per heavy atom. The average molecular weight is 274 g/mol. The smallest absolute Gasteiger partial charge is 0.321 e. The predicted octanol–water partition coefficient (Wildman–Crippen LogP) is 0.698. The van der Waals surface area contributed by atoms with Crippen molar-refractivity contribution in [2.24, 2.45) is 0 Å². The van der Waals surface area contributed by atoms with Crippen LogP contribution in [0, 0.1) is 11.3 Å². The summed E-state index contributed by atoms with van der Waals surface area (Å²) in [6, 6.07) is 8.61. The van der Waals surface area contributed by atoms with Crippen molar-refractivity contribution in [1.29, 1.82) is 5.26 Å². The molecule has 2 amide bonds. The summed E-state index contributed by atoms with van der Waals surface area (Å²) in [5, 5.41) is 20.9. The molecule has 1 aliphatic heterocycles. The van der Waals surface area contributed by atoms with E-state index in [1.807, 2.05) is 18.0 Å². The number of aliphatic hydroxyl groups is 1. The lowest BCUT2D eigenvalue weighted by atomic mass is 10.2. The van der Waals surface area contributed by atoms with Crippen LogP contribution in [0.25, 0.3) is 0 Å². The van der Waals surface area contributed by atoms with Crippen LogP contribution in [0.2, 0.25) is 0 Å². The van der Waals surface area contributed by atoms with Crippen molar-refractivity contribution < 1.29 is 9.90 Å². The molecule has 0 saturated carbocycles. The van der Waals surface area contributed by atoms with Gasteiger partial charge in [-0.15, -0.1) is 0 Å². The Labute approximate surface area is 118 Å². The standard InChI is InChI=1S/C14H18N4O2/c1-17-5-6-18(9-13(17)10-19)14(20)16-12-4-2-3-11(7-12)8-15/h2-4,7,13,19H,5-6,9-10H2,1H3,(H,16,20). The molecule has 6 nitrogen and oxygen atoms in total. The van der Waals surface area contributed by atoms with E-state index in [-0.39, 0.29) is 18.7 Å². The molecule has 1 unspecified atom stereocenters. The predicted molar refractivity (Wildman–Crippen MR) is 75.3 cm³/mol. The minimum atomic E-state index is -0.202. The fourth-order valence-electron chi connectivity index (χ4n) is 2.20. The summed E-state index contributed by atoms with van der Waals surface area (Å²) >= 11 is 0. The molecule has 1 heterocycles. The zero-order valence-electron chi connectivity index (χ0n) is 11.4. The maximum absolute atomic E-state index is 12.2. The first kappa shape index (κ1) is 14.3. The van der Waals surface area contributed by atoms with Gasteiger partial charge in [-0.1, -0.05) is 6.07 Å². The van der Waals surface area contributed by atoms with Crippen molar-refractivity contribution in [3.63, 3.8) is 0 Å². The molecule has 1 aliphatic rings. The topological polar surface area (TPSA) is 79.6 Å². The van der Waals surface area contributed by atoms with Crippen molar-refractivity contribution in [2.45, 2.75) is 6.04 Å². The van der Waals surface area contributed by atoms with Crippen LogP contribution in [0.3, 0.4) is 0 Å². The van der Waals surface area contributed by atoms with Crippen LogP contribution in [-0.2, 0) is 0 Å². The van der Waals surface area contributed by atoms with E-state index in [1.54, 1.807) is 29.2 Å². The van der Waals surface area contributed by atoms with Gasteiger partial charge < -0.3 is 15.3 Å². The van der Waals surface area contributed by atoms with Gasteiger partial charge in [0.25, 0.3) is 0 Å². The molecule has 1 aromatic rings. The second-order valence-electron chi connectivity index (χ2n) is 4.89. The Morgan fingerprint density at radius 2 is 2.35 bits per heavy atom. The summed E-state index contributed by atoms with van der Waals surface area (Å²) in [4.78, 5) is 15.9. The summed E-state index contributed by atoms with van der Waals surface area (Å²) in [6.07, 6.45) is 0. The van der Waals surface area contributed by atoms with E-state index in [0.29, 0.717) is 24.3 Å². The molecule has 0 bridgehead atoms. The van der Waals surface area contributed by atoms with Crippen molar-refractivity contribution in [2.75, 3.05) is 38.6 Å². The number of benzene rings is 1. The largest absolute Gasteiger partial charge is 0.395 e. The highest BCUT2D eigenvalue weighted by molar-refractivity contribution is 5.89. The normalized spacial score (nSPS) is 19.4. The number of hydrogen-bond donors (Lipinski definition) is 2. The molecule has 0 aromatic heterocycles. The fraction of sp³-hybridized carbons (Fsp3) is 0.429. The Hall–Kier alpha value is -2.10. The van der Waals surface area contributed by atoms with Gasteiger partial charge in [0.05, 0.1) is 24.3 Å². The maximum atomic E-state index is 12.2. The van der Waals surface area contributed by atoms with Gasteiger partial charge in [0.2, 0.25) is 0 Å². The number of nitriles is 1. The number of carbonyl (C=O) groups is 1. The zero-order valence-corrected chi connectivity index (χ0v) is 11.4. The molecule has 0 spiro atoms. The molecule has 0 aliphatic carbocycles. The van der Waals surface area contributed by atoms with Crippen LogP contribution < -0.4 is 5.32 Å². The lowest BCUT2D eigenvalue weighted by molar-refractivity contribution is 0.0754. The van der Waals surface area contributed by atoms with Crippen LogP contribution in [0.5, 0.6) is 0 Å². The highest BCUT2D eigenvalue weighted by atomic mass is 16.3. The fourth-order valence-corrected chi connectivity index (χ4v) is 2.20. The van der Waals surface area contributed by atoms with Gasteiger partial charge in [0.15, 0.2) is 0 Å². The Bertz CT molecular complexity index is 526. The second-order valence-corrected chi connectivity index (χ2v) is 4.89. The number of carbonyl (C=O) groups excluding carboxylic acids is 1. The molecule has 1 aromatic carbocycles. The van der Waals surface area contributed by atoms with Gasteiger partial charge >= 0.3 is 6.03 Å². The number of rotatable bonds is 2. The molecular formula is C14H18N4O2. The maximum Gasteiger partial charge on any atom is 0.321 e. The van der Waals surface area contributed by atoms with Gasteiger partial charge in [-0.05, 0) is 25.2 Å². The quantitative estimate of drug-likeness (QED) is 0.832. The van der Waals surface area contributed by atoms with Gasteiger partial charge in [-0.3, -0.25) is 4.90 Å². The average Bonchev–Trinajstić information content (AvgIpc) is 2.47. The Morgan fingerprint density at radius 1 is 1.55 bits per heavy atom. The molecule has 1 fully saturated rings. The van der Waals surface area contributed by atoms with E-state index >= 15 is 0 Å². The van der Waals surface area contributed by atoms with E-state index in [4.69, 9.17) is 5.26 Å². The Balaban J connectivity index is 1.99. The van der Waals surface area contributed by atoms with Crippen LogP contribution in [0.4, 0.5) is 10.5 Å². The van der Waals surface area contributed by atoms with Crippen LogP contribution >= 0.6 is 0 Å². The van der Waals surface area contributed by atoms with Crippen LogP contribution in [-0.4, -0.2) is 60.3 Å². The SMILES string of the molecule is CN1CCN(C(=O)Nc2cccc(C#N)c2)CC1CO. The molecule has 2 rings (SSSR count). The van der Waals surface area contributed by atoms with E-state index in [1.165, 1.54) is 0 Å². The summed E-state index contributed by atoms with van der Waals surface area (Å²) in [5.74, 6) is 0. The number of anilines is 1. The summed E-state index contributed by atoms with van der Waals surface area (Å²) in [6.45, 7) is 1.88. The third-order valence-corrected chi connectivity index (χ3v) is 3.52. The highest BCUT2D eigenvalue weighted by Gasteiger charge is 2.26. The number of amides is 2. The number of nitrogens with one attached hydrogen (secondary N) is 1. The molecule has 20 heavy (non-hydrogen) atoms. The second kappa shape index (κ2) is 6.37.